The maximum absolute atomic E-state index is 15.9. The third-order valence-electron chi connectivity index (χ3n) is 13.9. The molecule has 0 atom stereocenters. The molecule has 6 aromatic carbocycles. The average molecular weight is 783 g/mol. The molecule has 56 heavy (non-hydrogen) atoms. The average Bonchev–Trinajstić information content (AvgIpc) is 3.28. The van der Waals surface area contributed by atoms with E-state index in [-0.39, 0.29) is 0 Å². The molecule has 0 saturated carbocycles. The van der Waals surface area contributed by atoms with Gasteiger partial charge < -0.3 is 0 Å². The molecule has 0 aliphatic heterocycles. The fourth-order valence-electron chi connectivity index (χ4n) is 10.7. The van der Waals surface area contributed by atoms with Crippen molar-refractivity contribution in [2.24, 2.45) is 0 Å². The van der Waals surface area contributed by atoms with Crippen LogP contribution in [-0.4, -0.2) is 43.1 Å². The third kappa shape index (κ3) is 5.97. The molecule has 0 aliphatic rings. The van der Waals surface area contributed by atoms with Gasteiger partial charge in [0.2, 0.25) is 0 Å². The van der Waals surface area contributed by atoms with E-state index in [0.29, 0.717) is 37.0 Å². The zero-order valence-corrected chi connectivity index (χ0v) is 36.0. The number of hydrogen-bond donors (Lipinski definition) is 0. The molecular formula is C51H60O3P2. The van der Waals surface area contributed by atoms with Crippen LogP contribution in [0.4, 0.5) is 4.79 Å². The summed E-state index contributed by atoms with van der Waals surface area (Å²) in [5, 5.41) is -1.55. The predicted octanol–water partition coefficient (Wildman–Crippen LogP) is 14.2. The van der Waals surface area contributed by atoms with Crippen LogP contribution in [-0.2, 0) is 19.4 Å². The van der Waals surface area contributed by atoms with Crippen LogP contribution in [0.15, 0.2) is 182 Å². The van der Waals surface area contributed by atoms with Gasteiger partial charge in [-0.1, -0.05) is 0 Å². The van der Waals surface area contributed by atoms with Gasteiger partial charge in [0.15, 0.2) is 0 Å². The van der Waals surface area contributed by atoms with Gasteiger partial charge in [0.05, 0.1) is 0 Å². The van der Waals surface area contributed by atoms with E-state index >= 15 is 4.79 Å². The molecule has 0 spiro atoms. The second-order valence-electron chi connectivity index (χ2n) is 15.2. The summed E-state index contributed by atoms with van der Waals surface area (Å²) < 4.78 is 15.4. The van der Waals surface area contributed by atoms with Crippen LogP contribution in [0.3, 0.4) is 0 Å². The van der Waals surface area contributed by atoms with Gasteiger partial charge >= 0.3 is 338 Å². The Labute approximate surface area is 336 Å². The molecule has 0 heterocycles. The summed E-state index contributed by atoms with van der Waals surface area (Å²) in [5.41, 5.74) is 6.75. The molecule has 5 heteroatoms. The number of carbonyl (C=O) groups excluding carboxylic acids is 1. The zero-order chi connectivity index (χ0) is 39.8. The molecule has 0 radical (unpaired) electrons. The van der Waals surface area contributed by atoms with Crippen molar-refractivity contribution in [3.8, 4) is 0 Å². The van der Waals surface area contributed by atoms with Crippen LogP contribution in [0.25, 0.3) is 0 Å². The van der Waals surface area contributed by atoms with Crippen molar-refractivity contribution in [2.45, 2.75) is 51.9 Å². The van der Waals surface area contributed by atoms with E-state index in [1.54, 1.807) is 0 Å². The monoisotopic (exact) mass is 782 g/mol. The van der Waals surface area contributed by atoms with E-state index in [2.05, 4.69) is 224 Å². The first-order valence-electron chi connectivity index (χ1n) is 20.5. The number of hydrogen-bond acceptors (Lipinski definition) is 3. The molecule has 0 N–H and O–H groups in total. The van der Waals surface area contributed by atoms with Crippen molar-refractivity contribution in [1.29, 1.82) is 0 Å². The molecule has 0 unspecified atom stereocenters. The maximum atomic E-state index is 15.9. The van der Waals surface area contributed by atoms with Gasteiger partial charge in [-0.3, -0.25) is 0 Å². The first-order chi connectivity index (χ1) is 27.2. The van der Waals surface area contributed by atoms with Crippen LogP contribution in [0.1, 0.15) is 74.9 Å². The Morgan fingerprint density at radius 1 is 0.339 bits per heavy atom. The molecule has 0 saturated heterocycles. The van der Waals surface area contributed by atoms with Crippen LogP contribution in [0.2, 0.25) is 0 Å². The number of carbonyl (C=O) groups is 1. The molecule has 0 bridgehead atoms. The van der Waals surface area contributed by atoms with Crippen LogP contribution < -0.4 is 0 Å². The van der Waals surface area contributed by atoms with Gasteiger partial charge in [-0.15, -0.1) is 0 Å². The zero-order valence-electron chi connectivity index (χ0n) is 34.2. The second-order valence-corrected chi connectivity index (χ2v) is 27.2. The summed E-state index contributed by atoms with van der Waals surface area (Å²) in [7, 11) is 0. The van der Waals surface area contributed by atoms with Gasteiger partial charge in [0.1, 0.15) is 0 Å². The van der Waals surface area contributed by atoms with Crippen molar-refractivity contribution in [3.63, 3.8) is 0 Å². The van der Waals surface area contributed by atoms with Crippen LogP contribution >= 0.6 is 13.7 Å². The second kappa shape index (κ2) is 16.5. The Hall–Kier alpha value is -4.55. The molecule has 0 aromatic heterocycles. The molecule has 292 valence electrons. The van der Waals surface area contributed by atoms with Crippen molar-refractivity contribution < 1.29 is 13.8 Å². The van der Waals surface area contributed by atoms with Gasteiger partial charge in [-0.2, -0.15) is 0 Å². The van der Waals surface area contributed by atoms with E-state index in [0.717, 1.165) is 33.4 Å². The molecule has 3 nitrogen and oxygen atoms in total. The third-order valence-corrected chi connectivity index (χ3v) is 28.9. The molecular weight excluding hydrogens is 723 g/mol. The van der Waals surface area contributed by atoms with Crippen molar-refractivity contribution in [1.82, 2.24) is 0 Å². The van der Waals surface area contributed by atoms with Gasteiger partial charge in [-0.05, 0) is 0 Å². The molecule has 6 rings (SSSR count). The fourth-order valence-corrected chi connectivity index (χ4v) is 23.0. The Balaban J connectivity index is 1.70. The molecule has 0 fully saturated rings. The minimum absolute atomic E-state index is 0.546. The first kappa shape index (κ1) is 41.1. The number of rotatable bonds is 16. The van der Waals surface area contributed by atoms with E-state index in [1.165, 1.54) is 0 Å². The van der Waals surface area contributed by atoms with Crippen molar-refractivity contribution in [3.05, 3.63) is 215 Å². The van der Waals surface area contributed by atoms with Gasteiger partial charge in [0.25, 0.3) is 0 Å². The normalized spacial score (nSPS) is 13.8. The van der Waals surface area contributed by atoms with Crippen molar-refractivity contribution in [2.75, 3.05) is 37.0 Å². The van der Waals surface area contributed by atoms with Gasteiger partial charge in [-0.25, -0.2) is 0 Å². The topological polar surface area (TPSA) is 35.5 Å². The predicted molar refractivity (Wildman–Crippen MR) is 243 cm³/mol. The van der Waals surface area contributed by atoms with E-state index in [4.69, 9.17) is 9.05 Å². The Kier molecular flexibility index (Phi) is 12.1. The van der Waals surface area contributed by atoms with Crippen molar-refractivity contribution >= 4 is 19.8 Å². The summed E-state index contributed by atoms with van der Waals surface area (Å²) in [5.74, 6) is 0. The number of benzene rings is 6. The summed E-state index contributed by atoms with van der Waals surface area (Å²) in [4.78, 5) is 15.9. The Bertz CT molecular complexity index is 1780. The van der Waals surface area contributed by atoms with E-state index < -0.39 is 30.1 Å². The Morgan fingerprint density at radius 2 is 0.500 bits per heavy atom. The summed E-state index contributed by atoms with van der Waals surface area (Å²) >= 11 is 0. The summed E-state index contributed by atoms with van der Waals surface area (Å²) in [6.45, 7) is 5.85. The molecule has 6 aromatic rings. The fraction of sp³-hybridized carbons (Fsp3) is 0.275. The quantitative estimate of drug-likeness (QED) is 0.0724. The summed E-state index contributed by atoms with van der Waals surface area (Å²) in [6, 6.07) is 64.6. The van der Waals surface area contributed by atoms with Crippen LogP contribution in [0.5, 0.6) is 0 Å². The van der Waals surface area contributed by atoms with Crippen LogP contribution in [0, 0.1) is 0 Å². The Morgan fingerprint density at radius 3 is 0.643 bits per heavy atom. The molecule has 0 amide bonds. The molecule has 0 aliphatic carbocycles. The summed E-state index contributed by atoms with van der Waals surface area (Å²) in [6.07, 6.45) is 3.50. The SMILES string of the molecule is CCP(CC)(CC)(OC(=O)OP(CC)(CC)(CC)C(c1ccccc1)(c1ccccc1)c1ccccc1)C(c1ccccc1)(c1ccccc1)c1ccccc1. The standard InChI is InChI=1S/C51H60O3P2/c1-7-55(8-2,9-3,50(43-31-19-13-20-32-43,44-33-21-14-22-34-44)45-35-23-15-24-36-45)53-49(52)54-56(10-4,11-5,12-6)51(46-37-25-16-26-38-46,47-39-27-17-28-40-47)48-41-29-18-30-42-48/h13-42H,7-12H2,1-6H3. The van der Waals surface area contributed by atoms with Gasteiger partial charge in [0, 0.05) is 0 Å². The van der Waals surface area contributed by atoms with E-state index in [9.17, 15) is 0 Å². The minimum atomic E-state index is -3.79. The first-order valence-corrected chi connectivity index (χ1v) is 25.9. The van der Waals surface area contributed by atoms with E-state index in [1.807, 2.05) is 0 Å².